The van der Waals surface area contributed by atoms with Crippen LogP contribution in [0.2, 0.25) is 0 Å². The Balaban J connectivity index is 1.97. The Hall–Kier alpha value is -3.28. The Morgan fingerprint density at radius 2 is 1.88 bits per heavy atom. The lowest BCUT2D eigenvalue weighted by Crippen LogP contribution is -2.20. The molecule has 0 radical (unpaired) electrons. The molecule has 6 nitrogen and oxygen atoms in total. The van der Waals surface area contributed by atoms with E-state index >= 15 is 0 Å². The van der Waals surface area contributed by atoms with Crippen molar-refractivity contribution in [2.75, 3.05) is 14.2 Å². The summed E-state index contributed by atoms with van der Waals surface area (Å²) in [6.45, 7) is 1.82. The third kappa shape index (κ3) is 3.06. The van der Waals surface area contributed by atoms with Crippen molar-refractivity contribution in [2.45, 2.75) is 6.92 Å². The molecule has 0 spiro atoms. The highest BCUT2D eigenvalue weighted by molar-refractivity contribution is 5.99. The smallest absolute Gasteiger partial charge is 0.427 e. The van der Waals surface area contributed by atoms with Crippen molar-refractivity contribution >= 4 is 23.1 Å². The molecule has 128 valence electrons. The summed E-state index contributed by atoms with van der Waals surface area (Å²) >= 11 is 0. The number of carbonyl (C=O) groups is 1. The lowest BCUT2D eigenvalue weighted by atomic mass is 10.2. The number of fused-ring (bicyclic) bond motifs is 1. The van der Waals surface area contributed by atoms with Crippen LogP contribution in [0.25, 0.3) is 17.2 Å². The van der Waals surface area contributed by atoms with Crippen LogP contribution in [0.1, 0.15) is 15.9 Å². The Labute approximate surface area is 143 Å². The zero-order valence-electron chi connectivity index (χ0n) is 14.1. The lowest BCUT2D eigenvalue weighted by Gasteiger charge is -2.07. The van der Waals surface area contributed by atoms with Gasteiger partial charge in [-0.05, 0) is 42.3 Å². The second kappa shape index (κ2) is 6.68. The van der Waals surface area contributed by atoms with Gasteiger partial charge in [0.05, 0.1) is 14.2 Å². The molecular formula is C19H17NO5. The van der Waals surface area contributed by atoms with Gasteiger partial charge >= 0.3 is 5.76 Å². The second-order valence-electron chi connectivity index (χ2n) is 5.41. The zero-order valence-corrected chi connectivity index (χ0v) is 14.1. The van der Waals surface area contributed by atoms with E-state index in [0.717, 1.165) is 15.7 Å². The molecule has 0 fully saturated rings. The minimum atomic E-state index is -0.703. The molecule has 3 rings (SSSR count). The molecule has 1 heterocycles. The fraction of sp³-hybridized carbons (Fsp3) is 0.158. The van der Waals surface area contributed by atoms with E-state index in [-0.39, 0.29) is 0 Å². The summed E-state index contributed by atoms with van der Waals surface area (Å²) in [7, 11) is 3.09. The maximum absolute atomic E-state index is 12.5. The van der Waals surface area contributed by atoms with E-state index < -0.39 is 11.7 Å². The highest BCUT2D eigenvalue weighted by Crippen LogP contribution is 2.28. The molecule has 3 aromatic rings. The van der Waals surface area contributed by atoms with Crippen LogP contribution >= 0.6 is 0 Å². The Kier molecular flexibility index (Phi) is 4.43. The molecule has 0 aliphatic carbocycles. The average molecular weight is 339 g/mol. The van der Waals surface area contributed by atoms with Gasteiger partial charge in [0.15, 0.2) is 17.1 Å². The van der Waals surface area contributed by atoms with Gasteiger partial charge in [-0.15, -0.1) is 0 Å². The maximum atomic E-state index is 12.5. The molecule has 6 heteroatoms. The first kappa shape index (κ1) is 16.6. The fourth-order valence-electron chi connectivity index (χ4n) is 2.63. The number of para-hydroxylation sites is 1. The SMILES string of the molecule is COc1ccc(/C=C/C(=O)n2c(=O)oc3cccc(C)c32)cc1OC. The van der Waals surface area contributed by atoms with Crippen molar-refractivity contribution < 1.29 is 18.7 Å². The number of rotatable bonds is 4. The van der Waals surface area contributed by atoms with Crippen LogP contribution in [0.15, 0.2) is 51.7 Å². The summed E-state index contributed by atoms with van der Waals surface area (Å²) in [4.78, 5) is 24.5. The van der Waals surface area contributed by atoms with Crippen molar-refractivity contribution in [1.82, 2.24) is 4.57 Å². The number of benzene rings is 2. The molecule has 0 atom stereocenters. The van der Waals surface area contributed by atoms with Crippen LogP contribution in [0.4, 0.5) is 0 Å². The summed E-state index contributed by atoms with van der Waals surface area (Å²) in [5.74, 6) is -0.0309. The van der Waals surface area contributed by atoms with Gasteiger partial charge in [-0.2, -0.15) is 0 Å². The maximum Gasteiger partial charge on any atom is 0.427 e. The van der Waals surface area contributed by atoms with Crippen molar-refractivity contribution in [2.24, 2.45) is 0 Å². The van der Waals surface area contributed by atoms with E-state index in [1.807, 2.05) is 13.0 Å². The minimum absolute atomic E-state index is 0.387. The Morgan fingerprint density at radius 3 is 2.60 bits per heavy atom. The minimum Gasteiger partial charge on any atom is -0.493 e. The molecule has 0 bridgehead atoms. The van der Waals surface area contributed by atoms with E-state index in [1.54, 1.807) is 43.5 Å². The van der Waals surface area contributed by atoms with Crippen molar-refractivity contribution in [3.8, 4) is 11.5 Å². The number of aryl methyl sites for hydroxylation is 1. The van der Waals surface area contributed by atoms with E-state index in [9.17, 15) is 9.59 Å². The Bertz CT molecular complexity index is 1030. The van der Waals surface area contributed by atoms with Gasteiger partial charge in [0.1, 0.15) is 5.52 Å². The van der Waals surface area contributed by atoms with E-state index in [4.69, 9.17) is 13.9 Å². The van der Waals surface area contributed by atoms with Gasteiger partial charge in [-0.1, -0.05) is 18.2 Å². The van der Waals surface area contributed by atoms with Crippen LogP contribution in [0, 0.1) is 6.92 Å². The quantitative estimate of drug-likeness (QED) is 0.682. The molecule has 1 aromatic heterocycles. The normalized spacial score (nSPS) is 11.2. The monoisotopic (exact) mass is 339 g/mol. The number of carbonyl (C=O) groups excluding carboxylic acids is 1. The van der Waals surface area contributed by atoms with Crippen molar-refractivity contribution in [1.29, 1.82) is 0 Å². The van der Waals surface area contributed by atoms with Crippen LogP contribution in [0.3, 0.4) is 0 Å². The number of hydrogen-bond acceptors (Lipinski definition) is 5. The first-order chi connectivity index (χ1) is 12.0. The number of nitrogens with zero attached hydrogens (tertiary/aromatic N) is 1. The molecule has 0 N–H and O–H groups in total. The van der Waals surface area contributed by atoms with Crippen molar-refractivity contribution in [3.63, 3.8) is 0 Å². The molecule has 0 saturated carbocycles. The van der Waals surface area contributed by atoms with Gasteiger partial charge in [0.2, 0.25) is 0 Å². The summed E-state index contributed by atoms with van der Waals surface area (Å²) in [6.07, 6.45) is 2.93. The molecule has 0 unspecified atom stereocenters. The van der Waals surface area contributed by atoms with Gasteiger partial charge in [0, 0.05) is 6.08 Å². The van der Waals surface area contributed by atoms with Crippen LogP contribution < -0.4 is 15.2 Å². The number of methoxy groups -OCH3 is 2. The number of ether oxygens (including phenoxy) is 2. The van der Waals surface area contributed by atoms with E-state index in [0.29, 0.717) is 22.6 Å². The lowest BCUT2D eigenvalue weighted by molar-refractivity contribution is 0.0966. The van der Waals surface area contributed by atoms with Crippen LogP contribution in [-0.2, 0) is 0 Å². The number of hydrogen-bond donors (Lipinski definition) is 0. The number of oxazole rings is 1. The van der Waals surface area contributed by atoms with Crippen LogP contribution in [-0.4, -0.2) is 24.7 Å². The molecule has 25 heavy (non-hydrogen) atoms. The third-order valence-corrected chi connectivity index (χ3v) is 3.85. The van der Waals surface area contributed by atoms with Crippen LogP contribution in [0.5, 0.6) is 11.5 Å². The molecule has 0 aliphatic heterocycles. The zero-order chi connectivity index (χ0) is 18.0. The Morgan fingerprint density at radius 1 is 1.12 bits per heavy atom. The number of aromatic nitrogens is 1. The topological polar surface area (TPSA) is 70.7 Å². The summed E-state index contributed by atoms with van der Waals surface area (Å²) in [5, 5.41) is 0. The van der Waals surface area contributed by atoms with Gasteiger partial charge in [-0.3, -0.25) is 4.79 Å². The van der Waals surface area contributed by atoms with Gasteiger partial charge in [-0.25, -0.2) is 9.36 Å². The molecule has 0 aliphatic rings. The third-order valence-electron chi connectivity index (χ3n) is 3.85. The highest BCUT2D eigenvalue weighted by atomic mass is 16.5. The van der Waals surface area contributed by atoms with E-state index in [1.165, 1.54) is 13.2 Å². The predicted octanol–water partition coefficient (Wildman–Crippen LogP) is 3.27. The fourth-order valence-corrected chi connectivity index (χ4v) is 2.63. The predicted molar refractivity (Wildman–Crippen MR) is 94.4 cm³/mol. The first-order valence-electron chi connectivity index (χ1n) is 7.60. The molecular weight excluding hydrogens is 322 g/mol. The molecule has 0 amide bonds. The summed E-state index contributed by atoms with van der Waals surface area (Å²) < 4.78 is 16.6. The summed E-state index contributed by atoms with van der Waals surface area (Å²) in [6, 6.07) is 10.5. The largest absolute Gasteiger partial charge is 0.493 e. The standard InChI is InChI=1S/C19H17NO5/c1-12-5-4-6-15-18(12)20(19(22)25-15)17(21)10-8-13-7-9-14(23-2)16(11-13)24-3/h4-11H,1-3H3/b10-8+. The van der Waals surface area contributed by atoms with Gasteiger partial charge in [0.25, 0.3) is 5.91 Å². The molecule has 0 saturated heterocycles. The first-order valence-corrected chi connectivity index (χ1v) is 7.60. The number of allylic oxidation sites excluding steroid dienone is 1. The van der Waals surface area contributed by atoms with E-state index in [2.05, 4.69) is 0 Å². The molecule has 2 aromatic carbocycles. The van der Waals surface area contributed by atoms with Crippen molar-refractivity contribution in [3.05, 3.63) is 64.2 Å². The highest BCUT2D eigenvalue weighted by Gasteiger charge is 2.15. The summed E-state index contributed by atoms with van der Waals surface area (Å²) in [5.41, 5.74) is 2.40. The van der Waals surface area contributed by atoms with Gasteiger partial charge < -0.3 is 13.9 Å². The average Bonchev–Trinajstić information content (AvgIpc) is 2.96. The second-order valence-corrected chi connectivity index (χ2v) is 5.41.